The molecule has 1 atom stereocenters. The van der Waals surface area contributed by atoms with Gasteiger partial charge in [-0.05, 0) is 18.2 Å². The number of aromatic nitrogens is 5. The number of allylic oxidation sites excluding steroid dienone is 2. The Bertz CT molecular complexity index is 665. The van der Waals surface area contributed by atoms with Crippen molar-refractivity contribution < 1.29 is 8.78 Å². The Morgan fingerprint density at radius 3 is 2.45 bits per heavy atom. The molecule has 1 aliphatic rings. The second-order valence-corrected chi connectivity index (χ2v) is 3.98. The van der Waals surface area contributed by atoms with E-state index in [1.807, 2.05) is 0 Å². The van der Waals surface area contributed by atoms with Crippen molar-refractivity contribution in [3.8, 4) is 11.5 Å². The van der Waals surface area contributed by atoms with Crippen LogP contribution in [0.25, 0.3) is 11.5 Å². The lowest BCUT2D eigenvalue weighted by molar-refractivity contribution is 0.593. The molecule has 0 bridgehead atoms. The van der Waals surface area contributed by atoms with Gasteiger partial charge >= 0.3 is 0 Å². The second kappa shape index (κ2) is 5.08. The molecule has 2 aromatic heterocycles. The fourth-order valence-corrected chi connectivity index (χ4v) is 1.59. The SMILES string of the molecule is FC1=CNC(c2nnc(-c3ccc(F)cn3)nn2)C=C1. The van der Waals surface area contributed by atoms with Gasteiger partial charge in [0.15, 0.2) is 5.82 Å². The third-order valence-corrected chi connectivity index (χ3v) is 2.58. The summed E-state index contributed by atoms with van der Waals surface area (Å²) in [4.78, 5) is 3.83. The van der Waals surface area contributed by atoms with Crippen LogP contribution in [0.5, 0.6) is 0 Å². The quantitative estimate of drug-likeness (QED) is 0.893. The van der Waals surface area contributed by atoms with Gasteiger partial charge in [-0.3, -0.25) is 0 Å². The first-order chi connectivity index (χ1) is 9.72. The first-order valence-electron chi connectivity index (χ1n) is 5.71. The van der Waals surface area contributed by atoms with Gasteiger partial charge in [0, 0.05) is 6.20 Å². The fraction of sp³-hybridized carbons (Fsp3) is 0.0833. The molecular formula is C12H8F2N6. The number of pyridine rings is 1. The van der Waals surface area contributed by atoms with Crippen LogP contribution in [0, 0.1) is 5.82 Å². The number of hydrogen-bond acceptors (Lipinski definition) is 6. The van der Waals surface area contributed by atoms with Gasteiger partial charge in [0.1, 0.15) is 23.4 Å². The van der Waals surface area contributed by atoms with Gasteiger partial charge in [0.2, 0.25) is 5.82 Å². The molecule has 1 N–H and O–H groups in total. The van der Waals surface area contributed by atoms with Gasteiger partial charge in [0.05, 0.1) is 6.20 Å². The lowest BCUT2D eigenvalue weighted by atomic mass is 10.2. The highest BCUT2D eigenvalue weighted by molar-refractivity contribution is 5.46. The van der Waals surface area contributed by atoms with E-state index in [9.17, 15) is 8.78 Å². The molecule has 0 saturated heterocycles. The predicted octanol–water partition coefficient (Wildman–Crippen LogP) is 1.48. The molecule has 0 aromatic carbocycles. The molecular weight excluding hydrogens is 266 g/mol. The third-order valence-electron chi connectivity index (χ3n) is 2.58. The highest BCUT2D eigenvalue weighted by Crippen LogP contribution is 2.16. The summed E-state index contributed by atoms with van der Waals surface area (Å²) in [5.74, 6) is -0.336. The first-order valence-corrected chi connectivity index (χ1v) is 5.71. The summed E-state index contributed by atoms with van der Waals surface area (Å²) in [5, 5.41) is 18.3. The van der Waals surface area contributed by atoms with Crippen LogP contribution >= 0.6 is 0 Å². The Labute approximate surface area is 112 Å². The summed E-state index contributed by atoms with van der Waals surface area (Å²) >= 11 is 0. The van der Waals surface area contributed by atoms with Gasteiger partial charge < -0.3 is 5.32 Å². The third kappa shape index (κ3) is 2.48. The van der Waals surface area contributed by atoms with Crippen molar-refractivity contribution in [2.75, 3.05) is 0 Å². The van der Waals surface area contributed by atoms with E-state index >= 15 is 0 Å². The lowest BCUT2D eigenvalue weighted by Crippen LogP contribution is -2.20. The molecule has 0 amide bonds. The van der Waals surface area contributed by atoms with Crippen molar-refractivity contribution in [1.29, 1.82) is 0 Å². The molecule has 3 rings (SSSR count). The molecule has 6 nitrogen and oxygen atoms in total. The van der Waals surface area contributed by atoms with E-state index in [1.165, 1.54) is 24.4 Å². The summed E-state index contributed by atoms with van der Waals surface area (Å²) in [6.07, 6.45) is 5.14. The monoisotopic (exact) mass is 274 g/mol. The zero-order chi connectivity index (χ0) is 13.9. The molecule has 0 saturated carbocycles. The van der Waals surface area contributed by atoms with E-state index in [0.717, 1.165) is 6.20 Å². The maximum Gasteiger partial charge on any atom is 0.221 e. The van der Waals surface area contributed by atoms with Crippen molar-refractivity contribution >= 4 is 0 Å². The average Bonchev–Trinajstić information content (AvgIpc) is 2.49. The molecule has 0 fully saturated rings. The van der Waals surface area contributed by atoms with Crippen LogP contribution in [-0.2, 0) is 0 Å². The topological polar surface area (TPSA) is 76.5 Å². The van der Waals surface area contributed by atoms with E-state index in [-0.39, 0.29) is 17.7 Å². The Morgan fingerprint density at radius 2 is 1.85 bits per heavy atom. The minimum Gasteiger partial charge on any atom is -0.375 e. The summed E-state index contributed by atoms with van der Waals surface area (Å²) in [5.41, 5.74) is 0.371. The van der Waals surface area contributed by atoms with Crippen LogP contribution in [0.15, 0.2) is 42.5 Å². The van der Waals surface area contributed by atoms with Gasteiger partial charge in [-0.1, -0.05) is 6.08 Å². The van der Waals surface area contributed by atoms with E-state index in [4.69, 9.17) is 0 Å². The molecule has 8 heteroatoms. The van der Waals surface area contributed by atoms with Gasteiger partial charge in [-0.25, -0.2) is 13.8 Å². The number of halogens is 2. The minimum absolute atomic E-state index is 0.190. The zero-order valence-electron chi connectivity index (χ0n) is 10.0. The Hall–Kier alpha value is -2.77. The van der Waals surface area contributed by atoms with Gasteiger partial charge in [-0.15, -0.1) is 20.4 Å². The molecule has 1 aliphatic heterocycles. The van der Waals surface area contributed by atoms with Crippen molar-refractivity contribution in [3.63, 3.8) is 0 Å². The van der Waals surface area contributed by atoms with Crippen LogP contribution in [0.1, 0.15) is 11.9 Å². The molecule has 100 valence electrons. The minimum atomic E-state index is -0.448. The van der Waals surface area contributed by atoms with Crippen LogP contribution in [0.4, 0.5) is 8.78 Å². The number of rotatable bonds is 2. The standard InChI is InChI=1S/C12H8F2N6/c13-7-1-3-9(15-5-7)11-17-19-12(20-18-11)10-4-2-8(14)6-16-10/h1-6,9,15H. The summed E-state index contributed by atoms with van der Waals surface area (Å²) in [6, 6.07) is 2.30. The summed E-state index contributed by atoms with van der Waals surface area (Å²) in [6.45, 7) is 0. The second-order valence-electron chi connectivity index (χ2n) is 3.98. The number of nitrogens with zero attached hydrogens (tertiary/aromatic N) is 5. The Balaban J connectivity index is 1.81. The van der Waals surface area contributed by atoms with Crippen molar-refractivity contribution in [2.24, 2.45) is 0 Å². The van der Waals surface area contributed by atoms with Crippen molar-refractivity contribution in [1.82, 2.24) is 30.7 Å². The smallest absolute Gasteiger partial charge is 0.221 e. The van der Waals surface area contributed by atoms with Crippen molar-refractivity contribution in [3.05, 3.63) is 54.2 Å². The summed E-state index contributed by atoms with van der Waals surface area (Å²) < 4.78 is 25.5. The largest absolute Gasteiger partial charge is 0.375 e. The first kappa shape index (κ1) is 12.3. The molecule has 0 spiro atoms. The number of dihydropyridines is 1. The van der Waals surface area contributed by atoms with Crippen LogP contribution in [0.3, 0.4) is 0 Å². The van der Waals surface area contributed by atoms with Crippen LogP contribution < -0.4 is 5.32 Å². The van der Waals surface area contributed by atoms with E-state index in [0.29, 0.717) is 11.5 Å². The Morgan fingerprint density at radius 1 is 1.05 bits per heavy atom. The van der Waals surface area contributed by atoms with Crippen LogP contribution in [0.2, 0.25) is 0 Å². The number of nitrogens with one attached hydrogen (secondary N) is 1. The predicted molar refractivity (Wildman–Crippen MR) is 65.0 cm³/mol. The molecule has 2 aromatic rings. The highest BCUT2D eigenvalue weighted by atomic mass is 19.1. The molecule has 0 aliphatic carbocycles. The Kier molecular flexibility index (Phi) is 3.12. The molecule has 20 heavy (non-hydrogen) atoms. The van der Waals surface area contributed by atoms with Gasteiger partial charge in [-0.2, -0.15) is 0 Å². The van der Waals surface area contributed by atoms with E-state index < -0.39 is 5.82 Å². The maximum absolute atomic E-state index is 12.8. The normalized spacial score (nSPS) is 17.5. The van der Waals surface area contributed by atoms with Gasteiger partial charge in [0.25, 0.3) is 0 Å². The van der Waals surface area contributed by atoms with E-state index in [2.05, 4.69) is 30.7 Å². The lowest BCUT2D eigenvalue weighted by Gasteiger charge is -2.13. The van der Waals surface area contributed by atoms with E-state index in [1.54, 1.807) is 6.08 Å². The molecule has 3 heterocycles. The number of hydrogen-bond donors (Lipinski definition) is 1. The highest BCUT2D eigenvalue weighted by Gasteiger charge is 2.15. The maximum atomic E-state index is 12.8. The molecule has 0 radical (unpaired) electrons. The molecule has 1 unspecified atom stereocenters. The summed E-state index contributed by atoms with van der Waals surface area (Å²) in [7, 11) is 0. The van der Waals surface area contributed by atoms with Crippen LogP contribution in [-0.4, -0.2) is 25.4 Å². The average molecular weight is 274 g/mol. The zero-order valence-corrected chi connectivity index (χ0v) is 10.0. The van der Waals surface area contributed by atoms with Crippen molar-refractivity contribution in [2.45, 2.75) is 6.04 Å². The fourth-order valence-electron chi connectivity index (χ4n) is 1.59.